The van der Waals surface area contributed by atoms with Crippen LogP contribution in [0.2, 0.25) is 0 Å². The highest BCUT2D eigenvalue weighted by atomic mass is 32.1. The van der Waals surface area contributed by atoms with Crippen molar-refractivity contribution in [2.75, 3.05) is 6.61 Å². The average molecular weight is 379 g/mol. The number of thiophene rings is 2. The first-order valence-electron chi connectivity index (χ1n) is 7.13. The fourth-order valence-electron chi connectivity index (χ4n) is 1.98. The molecule has 24 heavy (non-hydrogen) atoms. The van der Waals surface area contributed by atoms with Gasteiger partial charge in [0.15, 0.2) is 12.3 Å². The minimum Gasteiger partial charge on any atom is -0.451 e. The number of rotatable bonds is 6. The van der Waals surface area contributed by atoms with Crippen molar-refractivity contribution in [2.24, 2.45) is 0 Å². The predicted molar refractivity (Wildman–Crippen MR) is 96.6 cm³/mol. The summed E-state index contributed by atoms with van der Waals surface area (Å²) in [5, 5.41) is 9.11. The van der Waals surface area contributed by atoms with E-state index in [0.717, 1.165) is 14.8 Å². The fourth-order valence-corrected chi connectivity index (χ4v) is 4.32. The standard InChI is InChI=1S/C16H14N2O3S3/c1-10(12-4-2-6-22-12)17-14(19)8-21-16(20)11-9-24-15(18-11)13-5-3-7-23-13/h2-7,9-10H,8H2,1H3,(H,17,19)/t10-/m0/s1. The summed E-state index contributed by atoms with van der Waals surface area (Å²) in [6.07, 6.45) is 0. The summed E-state index contributed by atoms with van der Waals surface area (Å²) in [4.78, 5) is 30.2. The number of hydrogen-bond donors (Lipinski definition) is 1. The zero-order chi connectivity index (χ0) is 16.9. The van der Waals surface area contributed by atoms with E-state index in [0.29, 0.717) is 0 Å². The van der Waals surface area contributed by atoms with E-state index in [-0.39, 0.29) is 24.2 Å². The summed E-state index contributed by atoms with van der Waals surface area (Å²) >= 11 is 4.50. The van der Waals surface area contributed by atoms with Gasteiger partial charge in [-0.25, -0.2) is 9.78 Å². The van der Waals surface area contributed by atoms with E-state index < -0.39 is 5.97 Å². The molecule has 8 heteroatoms. The lowest BCUT2D eigenvalue weighted by Crippen LogP contribution is -2.30. The second-order valence-electron chi connectivity index (χ2n) is 4.90. The molecule has 0 bridgehead atoms. The van der Waals surface area contributed by atoms with Crippen molar-refractivity contribution >= 4 is 45.9 Å². The van der Waals surface area contributed by atoms with Crippen molar-refractivity contribution in [3.8, 4) is 9.88 Å². The van der Waals surface area contributed by atoms with Crippen LogP contribution < -0.4 is 5.32 Å². The Hall–Kier alpha value is -2.03. The van der Waals surface area contributed by atoms with Crippen LogP contribution in [-0.4, -0.2) is 23.5 Å². The van der Waals surface area contributed by atoms with Gasteiger partial charge in [0.05, 0.1) is 10.9 Å². The third kappa shape index (κ3) is 4.08. The Balaban J connectivity index is 1.51. The Bertz CT molecular complexity index is 810. The maximum atomic E-state index is 12.0. The van der Waals surface area contributed by atoms with Gasteiger partial charge in [0.2, 0.25) is 0 Å². The molecule has 1 atom stereocenters. The summed E-state index contributed by atoms with van der Waals surface area (Å²) in [6, 6.07) is 7.64. The van der Waals surface area contributed by atoms with Crippen LogP contribution in [0.5, 0.6) is 0 Å². The summed E-state index contributed by atoms with van der Waals surface area (Å²) in [6.45, 7) is 1.57. The number of carbonyl (C=O) groups is 2. The van der Waals surface area contributed by atoms with E-state index >= 15 is 0 Å². The zero-order valence-electron chi connectivity index (χ0n) is 12.7. The van der Waals surface area contributed by atoms with Gasteiger partial charge in [0.1, 0.15) is 5.01 Å². The first-order chi connectivity index (χ1) is 11.6. The van der Waals surface area contributed by atoms with Crippen molar-refractivity contribution in [3.63, 3.8) is 0 Å². The van der Waals surface area contributed by atoms with Crippen LogP contribution in [0.4, 0.5) is 0 Å². The van der Waals surface area contributed by atoms with Gasteiger partial charge in [0.25, 0.3) is 5.91 Å². The van der Waals surface area contributed by atoms with Gasteiger partial charge in [0, 0.05) is 10.3 Å². The van der Waals surface area contributed by atoms with Gasteiger partial charge in [-0.1, -0.05) is 12.1 Å². The van der Waals surface area contributed by atoms with Gasteiger partial charge >= 0.3 is 5.97 Å². The molecule has 3 aromatic heterocycles. The lowest BCUT2D eigenvalue weighted by atomic mass is 10.3. The molecule has 0 saturated carbocycles. The molecule has 1 amide bonds. The van der Waals surface area contributed by atoms with E-state index in [1.165, 1.54) is 11.3 Å². The van der Waals surface area contributed by atoms with E-state index in [1.807, 2.05) is 41.9 Å². The molecule has 0 aromatic carbocycles. The van der Waals surface area contributed by atoms with Crippen molar-refractivity contribution in [1.82, 2.24) is 10.3 Å². The number of hydrogen-bond acceptors (Lipinski definition) is 7. The molecular formula is C16H14N2O3S3. The molecule has 3 aromatic rings. The van der Waals surface area contributed by atoms with Crippen molar-refractivity contribution < 1.29 is 14.3 Å². The Morgan fingerprint density at radius 2 is 2.00 bits per heavy atom. The number of amides is 1. The molecule has 0 aliphatic heterocycles. The quantitative estimate of drug-likeness (QED) is 0.659. The number of nitrogens with zero attached hydrogens (tertiary/aromatic N) is 1. The Labute approximate surface area is 150 Å². The van der Waals surface area contributed by atoms with Crippen LogP contribution in [0.1, 0.15) is 28.3 Å². The van der Waals surface area contributed by atoms with Gasteiger partial charge in [-0.2, -0.15) is 0 Å². The topological polar surface area (TPSA) is 68.3 Å². The maximum Gasteiger partial charge on any atom is 0.358 e. The Morgan fingerprint density at radius 1 is 1.21 bits per heavy atom. The minimum absolute atomic E-state index is 0.110. The van der Waals surface area contributed by atoms with Crippen molar-refractivity contribution in [3.05, 3.63) is 51.0 Å². The third-order valence-electron chi connectivity index (χ3n) is 3.13. The lowest BCUT2D eigenvalue weighted by Gasteiger charge is -2.11. The molecule has 124 valence electrons. The predicted octanol–water partition coefficient (Wildman–Crippen LogP) is 3.97. The van der Waals surface area contributed by atoms with Crippen LogP contribution in [-0.2, 0) is 9.53 Å². The molecule has 0 fully saturated rings. The van der Waals surface area contributed by atoms with Crippen LogP contribution in [0.15, 0.2) is 40.4 Å². The fraction of sp³-hybridized carbons (Fsp3) is 0.188. The van der Waals surface area contributed by atoms with E-state index in [1.54, 1.807) is 28.1 Å². The normalized spacial score (nSPS) is 11.9. The second-order valence-corrected chi connectivity index (χ2v) is 7.68. The van der Waals surface area contributed by atoms with Crippen LogP contribution in [0, 0.1) is 0 Å². The van der Waals surface area contributed by atoms with Gasteiger partial charge < -0.3 is 10.1 Å². The number of ether oxygens (including phenoxy) is 1. The second kappa shape index (κ2) is 7.69. The first kappa shape index (κ1) is 16.8. The van der Waals surface area contributed by atoms with Crippen LogP contribution in [0.25, 0.3) is 9.88 Å². The lowest BCUT2D eigenvalue weighted by molar-refractivity contribution is -0.124. The Morgan fingerprint density at radius 3 is 2.71 bits per heavy atom. The van der Waals surface area contributed by atoms with E-state index in [2.05, 4.69) is 10.3 Å². The minimum atomic E-state index is -0.590. The molecule has 1 N–H and O–H groups in total. The highest BCUT2D eigenvalue weighted by Crippen LogP contribution is 2.27. The molecule has 0 spiro atoms. The van der Waals surface area contributed by atoms with Gasteiger partial charge in [-0.3, -0.25) is 4.79 Å². The summed E-state index contributed by atoms with van der Waals surface area (Å²) in [5.41, 5.74) is 0.225. The van der Waals surface area contributed by atoms with Gasteiger partial charge in [-0.15, -0.1) is 34.0 Å². The maximum absolute atomic E-state index is 12.0. The largest absolute Gasteiger partial charge is 0.451 e. The average Bonchev–Trinajstić information content (AvgIpc) is 3.34. The highest BCUT2D eigenvalue weighted by molar-refractivity contribution is 7.20. The molecular weight excluding hydrogens is 364 g/mol. The van der Waals surface area contributed by atoms with Crippen molar-refractivity contribution in [1.29, 1.82) is 0 Å². The van der Waals surface area contributed by atoms with Crippen LogP contribution >= 0.6 is 34.0 Å². The summed E-state index contributed by atoms with van der Waals surface area (Å²) in [7, 11) is 0. The van der Waals surface area contributed by atoms with E-state index in [4.69, 9.17) is 4.74 Å². The summed E-state index contributed by atoms with van der Waals surface area (Å²) in [5.74, 6) is -0.925. The first-order valence-corrected chi connectivity index (χ1v) is 9.76. The van der Waals surface area contributed by atoms with E-state index in [9.17, 15) is 9.59 Å². The molecule has 5 nitrogen and oxygen atoms in total. The van der Waals surface area contributed by atoms with Crippen LogP contribution in [0.3, 0.4) is 0 Å². The number of aromatic nitrogens is 1. The third-order valence-corrected chi connectivity index (χ3v) is 6.06. The molecule has 3 rings (SSSR count). The number of carbonyl (C=O) groups excluding carboxylic acids is 2. The molecule has 0 aliphatic carbocycles. The molecule has 0 saturated heterocycles. The monoisotopic (exact) mass is 378 g/mol. The molecule has 3 heterocycles. The molecule has 0 unspecified atom stereocenters. The van der Waals surface area contributed by atoms with Gasteiger partial charge in [-0.05, 0) is 29.8 Å². The number of thiazole rings is 1. The SMILES string of the molecule is C[C@H](NC(=O)COC(=O)c1csc(-c2cccs2)n1)c1cccs1. The number of esters is 1. The smallest absolute Gasteiger partial charge is 0.358 e. The molecule has 0 aliphatic rings. The highest BCUT2D eigenvalue weighted by Gasteiger charge is 2.16. The zero-order valence-corrected chi connectivity index (χ0v) is 15.2. The Kier molecular flexibility index (Phi) is 5.39. The summed E-state index contributed by atoms with van der Waals surface area (Å²) < 4.78 is 5.04. The molecule has 0 radical (unpaired) electrons. The number of nitrogens with one attached hydrogen (secondary N) is 1. The van der Waals surface area contributed by atoms with Crippen molar-refractivity contribution in [2.45, 2.75) is 13.0 Å².